The SMILES string of the molecule is [CH2]Cc1ccc(C(=O)NC23CC4CC(CC(F)(C4)C2)C3)cc1. The van der Waals surface area contributed by atoms with Crippen LogP contribution in [0.2, 0.25) is 0 Å². The van der Waals surface area contributed by atoms with Gasteiger partial charge in [-0.25, -0.2) is 4.39 Å². The molecule has 2 atom stereocenters. The molecule has 4 fully saturated rings. The normalized spacial score (nSPS) is 39.0. The van der Waals surface area contributed by atoms with Crippen molar-refractivity contribution in [2.45, 2.75) is 56.2 Å². The second-order valence-corrected chi connectivity index (χ2v) is 7.79. The number of hydrogen-bond acceptors (Lipinski definition) is 1. The maximum absolute atomic E-state index is 14.9. The Morgan fingerprint density at radius 3 is 2.36 bits per heavy atom. The van der Waals surface area contributed by atoms with Gasteiger partial charge in [0.15, 0.2) is 0 Å². The molecule has 22 heavy (non-hydrogen) atoms. The third-order valence-corrected chi connectivity index (χ3v) is 5.87. The molecule has 2 nitrogen and oxygen atoms in total. The third kappa shape index (κ3) is 2.35. The molecule has 1 N–H and O–H groups in total. The molecule has 5 rings (SSSR count). The summed E-state index contributed by atoms with van der Waals surface area (Å²) in [4.78, 5) is 12.6. The molecular formula is C19H23FNO. The van der Waals surface area contributed by atoms with Crippen molar-refractivity contribution in [3.05, 3.63) is 42.3 Å². The number of alkyl halides is 1. The molecule has 0 aromatic heterocycles. The fourth-order valence-electron chi connectivity index (χ4n) is 5.43. The Morgan fingerprint density at radius 1 is 1.18 bits per heavy atom. The summed E-state index contributed by atoms with van der Waals surface area (Å²) >= 11 is 0. The average Bonchev–Trinajstić information content (AvgIpc) is 2.44. The van der Waals surface area contributed by atoms with E-state index in [0.29, 0.717) is 36.7 Å². The molecule has 4 aliphatic carbocycles. The Labute approximate surface area is 131 Å². The maximum atomic E-state index is 14.9. The standard InChI is InChI=1S/C19H23FNO/c1-2-13-3-5-16(6-4-13)17(22)21-19-10-14-7-15(11-19)9-18(20,8-14)12-19/h3-6,14-15H,1-2,7-12H2,(H,21,22). The van der Waals surface area contributed by atoms with Gasteiger partial charge in [0.25, 0.3) is 5.91 Å². The molecule has 1 aromatic carbocycles. The summed E-state index contributed by atoms with van der Waals surface area (Å²) in [6.07, 6.45) is 5.71. The zero-order valence-electron chi connectivity index (χ0n) is 12.9. The minimum atomic E-state index is -1.03. The summed E-state index contributed by atoms with van der Waals surface area (Å²) in [5.74, 6) is 0.862. The number of carbonyl (C=O) groups is 1. The van der Waals surface area contributed by atoms with Crippen LogP contribution in [0.3, 0.4) is 0 Å². The van der Waals surface area contributed by atoms with Crippen LogP contribution in [0.5, 0.6) is 0 Å². The lowest BCUT2D eigenvalue weighted by molar-refractivity contribution is -0.0937. The van der Waals surface area contributed by atoms with Gasteiger partial charge in [0.1, 0.15) is 5.67 Å². The van der Waals surface area contributed by atoms with Crippen molar-refractivity contribution in [3.8, 4) is 0 Å². The van der Waals surface area contributed by atoms with Crippen LogP contribution in [-0.4, -0.2) is 17.1 Å². The molecule has 1 aromatic rings. The first-order valence-corrected chi connectivity index (χ1v) is 8.39. The molecule has 1 amide bonds. The van der Waals surface area contributed by atoms with Gasteiger partial charge in [-0.15, -0.1) is 0 Å². The van der Waals surface area contributed by atoms with Crippen molar-refractivity contribution in [2.75, 3.05) is 0 Å². The van der Waals surface area contributed by atoms with E-state index in [2.05, 4.69) is 12.2 Å². The lowest BCUT2D eigenvalue weighted by atomic mass is 9.51. The first-order chi connectivity index (χ1) is 10.5. The molecule has 1 radical (unpaired) electrons. The van der Waals surface area contributed by atoms with E-state index in [1.54, 1.807) is 0 Å². The van der Waals surface area contributed by atoms with Crippen LogP contribution in [0.1, 0.15) is 54.4 Å². The van der Waals surface area contributed by atoms with E-state index in [4.69, 9.17) is 0 Å². The van der Waals surface area contributed by atoms with Gasteiger partial charge in [-0.1, -0.05) is 12.1 Å². The molecule has 0 saturated heterocycles. The molecule has 3 heteroatoms. The lowest BCUT2D eigenvalue weighted by Gasteiger charge is -2.59. The van der Waals surface area contributed by atoms with Crippen LogP contribution >= 0.6 is 0 Å². The van der Waals surface area contributed by atoms with Crippen LogP contribution in [0, 0.1) is 18.8 Å². The summed E-state index contributed by atoms with van der Waals surface area (Å²) in [6.45, 7) is 3.84. The second-order valence-electron chi connectivity index (χ2n) is 7.79. The third-order valence-electron chi connectivity index (χ3n) is 5.87. The van der Waals surface area contributed by atoms with Gasteiger partial charge < -0.3 is 5.32 Å². The van der Waals surface area contributed by atoms with Crippen LogP contribution in [0.15, 0.2) is 24.3 Å². The van der Waals surface area contributed by atoms with Gasteiger partial charge in [-0.3, -0.25) is 4.79 Å². The minimum Gasteiger partial charge on any atom is -0.346 e. The van der Waals surface area contributed by atoms with E-state index in [1.165, 1.54) is 0 Å². The van der Waals surface area contributed by atoms with Crippen LogP contribution in [0.25, 0.3) is 0 Å². The molecule has 0 spiro atoms. The van der Waals surface area contributed by atoms with Crippen LogP contribution < -0.4 is 5.32 Å². The Hall–Kier alpha value is -1.38. The van der Waals surface area contributed by atoms with Gasteiger partial charge in [-0.2, -0.15) is 0 Å². The summed E-state index contributed by atoms with van der Waals surface area (Å²) in [5.41, 5.74) is 0.450. The number of amides is 1. The van der Waals surface area contributed by atoms with E-state index in [-0.39, 0.29) is 11.4 Å². The fourth-order valence-corrected chi connectivity index (χ4v) is 5.43. The van der Waals surface area contributed by atoms with Gasteiger partial charge >= 0.3 is 0 Å². The average molecular weight is 300 g/mol. The van der Waals surface area contributed by atoms with Crippen molar-refractivity contribution < 1.29 is 9.18 Å². The van der Waals surface area contributed by atoms with Crippen molar-refractivity contribution in [1.82, 2.24) is 5.32 Å². The number of rotatable bonds is 3. The zero-order valence-corrected chi connectivity index (χ0v) is 12.9. The molecule has 117 valence electrons. The molecular weight excluding hydrogens is 277 g/mol. The molecule has 2 unspecified atom stereocenters. The van der Waals surface area contributed by atoms with Gasteiger partial charge in [-0.05, 0) is 75.0 Å². The first kappa shape index (κ1) is 14.2. The smallest absolute Gasteiger partial charge is 0.251 e. The van der Waals surface area contributed by atoms with E-state index in [1.807, 2.05) is 24.3 Å². The highest BCUT2D eigenvalue weighted by Crippen LogP contribution is 2.59. The molecule has 0 heterocycles. The molecule has 0 aliphatic heterocycles. The monoisotopic (exact) mass is 300 g/mol. The summed E-state index contributed by atoms with van der Waals surface area (Å²) in [5, 5.41) is 3.21. The van der Waals surface area contributed by atoms with Gasteiger partial charge in [0.05, 0.1) is 0 Å². The Bertz CT molecular complexity index is 580. The Kier molecular flexibility index (Phi) is 3.11. The minimum absolute atomic E-state index is 0.0545. The van der Waals surface area contributed by atoms with Gasteiger partial charge in [0.2, 0.25) is 0 Å². The predicted octanol–water partition coefficient (Wildman–Crippen LogP) is 3.85. The Morgan fingerprint density at radius 2 is 1.82 bits per heavy atom. The largest absolute Gasteiger partial charge is 0.346 e. The quantitative estimate of drug-likeness (QED) is 0.902. The Balaban J connectivity index is 1.53. The van der Waals surface area contributed by atoms with E-state index < -0.39 is 5.67 Å². The highest BCUT2D eigenvalue weighted by atomic mass is 19.1. The molecule has 4 saturated carbocycles. The maximum Gasteiger partial charge on any atom is 0.251 e. The predicted molar refractivity (Wildman–Crippen MR) is 84.2 cm³/mol. The van der Waals surface area contributed by atoms with E-state index in [9.17, 15) is 9.18 Å². The zero-order chi connectivity index (χ0) is 15.4. The van der Waals surface area contributed by atoms with Crippen LogP contribution in [-0.2, 0) is 6.42 Å². The highest BCUT2D eigenvalue weighted by Gasteiger charge is 2.58. The van der Waals surface area contributed by atoms with E-state index in [0.717, 1.165) is 31.2 Å². The summed E-state index contributed by atoms with van der Waals surface area (Å²) in [6, 6.07) is 7.58. The number of nitrogens with one attached hydrogen (secondary N) is 1. The van der Waals surface area contributed by atoms with Crippen molar-refractivity contribution in [2.24, 2.45) is 11.8 Å². The lowest BCUT2D eigenvalue weighted by Crippen LogP contribution is -2.64. The number of halogens is 1. The summed E-state index contributed by atoms with van der Waals surface area (Å²) in [7, 11) is 0. The van der Waals surface area contributed by atoms with Crippen molar-refractivity contribution in [1.29, 1.82) is 0 Å². The first-order valence-electron chi connectivity index (χ1n) is 8.39. The van der Waals surface area contributed by atoms with E-state index >= 15 is 0 Å². The van der Waals surface area contributed by atoms with Crippen LogP contribution in [0.4, 0.5) is 4.39 Å². The topological polar surface area (TPSA) is 29.1 Å². The fraction of sp³-hybridized carbons (Fsp3) is 0.579. The summed E-state index contributed by atoms with van der Waals surface area (Å²) < 4.78 is 14.9. The van der Waals surface area contributed by atoms with Crippen molar-refractivity contribution in [3.63, 3.8) is 0 Å². The molecule has 4 aliphatic rings. The van der Waals surface area contributed by atoms with Gasteiger partial charge in [0, 0.05) is 17.5 Å². The second kappa shape index (κ2) is 4.81. The molecule has 4 bridgehead atoms. The number of hydrogen-bond donors (Lipinski definition) is 1. The highest BCUT2D eigenvalue weighted by molar-refractivity contribution is 5.94. The number of carbonyl (C=O) groups excluding carboxylic acids is 1. The number of benzene rings is 1. The van der Waals surface area contributed by atoms with Crippen molar-refractivity contribution >= 4 is 5.91 Å².